The molecule has 7 nitrogen and oxygen atoms in total. The predicted octanol–water partition coefficient (Wildman–Crippen LogP) is 3.27. The highest BCUT2D eigenvalue weighted by Crippen LogP contribution is 2.46. The van der Waals surface area contributed by atoms with Gasteiger partial charge in [-0.2, -0.15) is 0 Å². The summed E-state index contributed by atoms with van der Waals surface area (Å²) in [5.74, 6) is -1.38. The number of nitrogens with zero attached hydrogens (tertiary/aromatic N) is 1. The van der Waals surface area contributed by atoms with Gasteiger partial charge in [-0.25, -0.2) is 0 Å². The Kier molecular flexibility index (Phi) is 7.16. The molecule has 180 valence electrons. The second kappa shape index (κ2) is 8.32. The van der Waals surface area contributed by atoms with E-state index in [2.05, 4.69) is 67.7 Å². The van der Waals surface area contributed by atoms with Crippen LogP contribution in [0.4, 0.5) is 0 Å². The molecule has 2 fully saturated rings. The van der Waals surface area contributed by atoms with Crippen molar-refractivity contribution < 1.29 is 28.7 Å². The quantitative estimate of drug-likeness (QED) is 0.608. The van der Waals surface area contributed by atoms with Crippen molar-refractivity contribution in [2.45, 2.75) is 122 Å². The summed E-state index contributed by atoms with van der Waals surface area (Å²) in [6.45, 7) is 22.1. The van der Waals surface area contributed by atoms with Gasteiger partial charge in [0, 0.05) is 6.92 Å². The lowest BCUT2D eigenvalue weighted by molar-refractivity contribution is -0.159. The Bertz CT molecular complexity index is 712. The highest BCUT2D eigenvalue weighted by Gasteiger charge is 2.59. The van der Waals surface area contributed by atoms with Gasteiger partial charge in [0.05, 0.1) is 24.2 Å². The van der Waals surface area contributed by atoms with Crippen LogP contribution in [0.15, 0.2) is 0 Å². The molecule has 2 N–H and O–H groups in total. The molecule has 2 rings (SSSR count). The van der Waals surface area contributed by atoms with Crippen LogP contribution in [0.25, 0.3) is 0 Å². The molecule has 0 spiro atoms. The van der Waals surface area contributed by atoms with Crippen molar-refractivity contribution in [2.24, 2.45) is 5.92 Å². The van der Waals surface area contributed by atoms with Crippen molar-refractivity contribution in [3.8, 4) is 0 Å². The average molecular weight is 474 g/mol. The number of aliphatic hydroxyl groups excluding tert-OH is 2. The first-order chi connectivity index (χ1) is 13.7. The SMILES string of the molecule is CC(=O)N1C(=O)[C@@H]2C[C@H]1[C@@H](O[Si](C)(C)C(C)(C)C)[C@H](O)[C@@H](O)[C@@H]2O[Si](C)(C)C(C)(C)C. The largest absolute Gasteiger partial charge is 0.410 e. The van der Waals surface area contributed by atoms with Crippen LogP contribution in [0.2, 0.25) is 36.3 Å². The van der Waals surface area contributed by atoms with E-state index >= 15 is 0 Å². The van der Waals surface area contributed by atoms with Crippen molar-refractivity contribution in [3.05, 3.63) is 0 Å². The maximum atomic E-state index is 13.3. The summed E-state index contributed by atoms with van der Waals surface area (Å²) in [6, 6.07) is -0.609. The fourth-order valence-electron chi connectivity index (χ4n) is 3.94. The lowest BCUT2D eigenvalue weighted by atomic mass is 9.95. The number of carbonyl (C=O) groups excluding carboxylic acids is 2. The lowest BCUT2D eigenvalue weighted by Crippen LogP contribution is -2.61. The molecule has 9 heteroatoms. The molecule has 2 aliphatic rings. The van der Waals surface area contributed by atoms with Gasteiger partial charge >= 0.3 is 0 Å². The molecule has 1 aliphatic heterocycles. The van der Waals surface area contributed by atoms with Crippen molar-refractivity contribution in [1.82, 2.24) is 4.90 Å². The van der Waals surface area contributed by atoms with Crippen LogP contribution in [-0.4, -0.2) is 74.0 Å². The Morgan fingerprint density at radius 2 is 1.29 bits per heavy atom. The van der Waals surface area contributed by atoms with Gasteiger partial charge in [-0.05, 0) is 42.7 Å². The fraction of sp³-hybridized carbons (Fsp3) is 0.909. The molecule has 0 aromatic heterocycles. The number of fused-ring (bicyclic) bond motifs is 2. The molecule has 1 aliphatic carbocycles. The van der Waals surface area contributed by atoms with Crippen LogP contribution in [0, 0.1) is 5.92 Å². The topological polar surface area (TPSA) is 96.3 Å². The second-order valence-corrected chi connectivity index (χ2v) is 21.8. The molecular weight excluding hydrogens is 430 g/mol. The van der Waals surface area contributed by atoms with Crippen molar-refractivity contribution in [3.63, 3.8) is 0 Å². The molecule has 1 saturated carbocycles. The molecule has 6 atom stereocenters. The second-order valence-electron chi connectivity index (χ2n) is 12.3. The number of imide groups is 1. The van der Waals surface area contributed by atoms with Crippen LogP contribution in [0.1, 0.15) is 54.9 Å². The predicted molar refractivity (Wildman–Crippen MR) is 126 cm³/mol. The van der Waals surface area contributed by atoms with Gasteiger partial charge in [-0.1, -0.05) is 41.5 Å². The standard InChI is InChI=1S/C22H43NO6Si2/c1-13(24)23-15-12-14(20(23)27)18(28-30(8,9)21(2,3)4)16(25)17(26)19(15)29-31(10,11)22(5,6)7/h14-19,25-26H,12H2,1-11H3/t14-,15+,16-,17-,18-,19-/m1/s1. The first-order valence-corrected chi connectivity index (χ1v) is 17.1. The van der Waals surface area contributed by atoms with E-state index in [0.717, 1.165) is 0 Å². The number of rotatable bonds is 4. The molecule has 0 radical (unpaired) electrons. The van der Waals surface area contributed by atoms with Crippen LogP contribution in [0.5, 0.6) is 0 Å². The molecule has 0 aromatic rings. The number of aliphatic hydroxyl groups is 2. The summed E-state index contributed by atoms with van der Waals surface area (Å²) in [4.78, 5) is 27.0. The van der Waals surface area contributed by atoms with Gasteiger partial charge in [0.2, 0.25) is 11.8 Å². The summed E-state index contributed by atoms with van der Waals surface area (Å²) in [5, 5.41) is 22.2. The van der Waals surface area contributed by atoms with Crippen LogP contribution >= 0.6 is 0 Å². The Balaban J connectivity index is 2.52. The minimum absolute atomic E-state index is 0.135. The Morgan fingerprint density at radius 1 is 0.903 bits per heavy atom. The number of carbonyl (C=O) groups is 2. The van der Waals surface area contributed by atoms with Gasteiger partial charge in [0.15, 0.2) is 16.6 Å². The van der Waals surface area contributed by atoms with E-state index in [0.29, 0.717) is 6.42 Å². The molecule has 2 bridgehead atoms. The fourth-order valence-corrected chi connectivity index (χ4v) is 6.61. The number of hydrogen-bond acceptors (Lipinski definition) is 6. The monoisotopic (exact) mass is 473 g/mol. The van der Waals surface area contributed by atoms with Gasteiger partial charge in [-0.15, -0.1) is 0 Å². The molecule has 0 aromatic carbocycles. The van der Waals surface area contributed by atoms with Crippen molar-refractivity contribution in [2.75, 3.05) is 0 Å². The highest BCUT2D eigenvalue weighted by molar-refractivity contribution is 6.74. The Morgan fingerprint density at radius 3 is 1.68 bits per heavy atom. The number of likely N-dealkylation sites (tertiary alicyclic amines) is 1. The summed E-state index contributed by atoms with van der Waals surface area (Å²) >= 11 is 0. The first kappa shape index (κ1) is 26.7. The Hall–Kier alpha value is -0.586. The zero-order valence-electron chi connectivity index (χ0n) is 21.1. The minimum atomic E-state index is -2.36. The maximum absolute atomic E-state index is 13.3. The Labute approximate surface area is 189 Å². The molecular formula is C22H43NO6Si2. The van der Waals surface area contributed by atoms with E-state index in [1.54, 1.807) is 0 Å². The van der Waals surface area contributed by atoms with E-state index in [-0.39, 0.29) is 21.9 Å². The van der Waals surface area contributed by atoms with Crippen molar-refractivity contribution >= 4 is 28.4 Å². The maximum Gasteiger partial charge on any atom is 0.235 e. The summed E-state index contributed by atoms with van der Waals surface area (Å²) in [5.41, 5.74) is 0. The van der Waals surface area contributed by atoms with E-state index in [4.69, 9.17) is 8.85 Å². The van der Waals surface area contributed by atoms with E-state index < -0.39 is 53.0 Å². The third kappa shape index (κ3) is 4.86. The van der Waals surface area contributed by atoms with Crippen LogP contribution in [-0.2, 0) is 18.4 Å². The molecule has 1 saturated heterocycles. The first-order valence-electron chi connectivity index (χ1n) is 11.3. The van der Waals surface area contributed by atoms with E-state index in [9.17, 15) is 19.8 Å². The summed E-state index contributed by atoms with van der Waals surface area (Å²) < 4.78 is 13.1. The van der Waals surface area contributed by atoms with Gasteiger partial charge in [0.25, 0.3) is 0 Å². The number of amides is 2. The van der Waals surface area contributed by atoms with Crippen molar-refractivity contribution in [1.29, 1.82) is 0 Å². The van der Waals surface area contributed by atoms with Crippen LogP contribution < -0.4 is 0 Å². The minimum Gasteiger partial charge on any atom is -0.410 e. The zero-order valence-corrected chi connectivity index (χ0v) is 23.1. The summed E-state index contributed by atoms with van der Waals surface area (Å²) in [6.07, 6.45) is -3.92. The van der Waals surface area contributed by atoms with Gasteiger partial charge < -0.3 is 19.1 Å². The zero-order chi connectivity index (χ0) is 24.3. The normalized spacial score (nSPS) is 32.9. The molecule has 1 heterocycles. The molecule has 0 unspecified atom stereocenters. The third-order valence-corrected chi connectivity index (χ3v) is 16.9. The van der Waals surface area contributed by atoms with Gasteiger partial charge in [-0.3, -0.25) is 14.5 Å². The smallest absolute Gasteiger partial charge is 0.235 e. The van der Waals surface area contributed by atoms with Crippen LogP contribution in [0.3, 0.4) is 0 Å². The summed E-state index contributed by atoms with van der Waals surface area (Å²) in [7, 11) is -4.73. The van der Waals surface area contributed by atoms with E-state index in [1.807, 2.05) is 0 Å². The average Bonchev–Trinajstić information content (AvgIpc) is 2.87. The lowest BCUT2D eigenvalue weighted by Gasteiger charge is -2.46. The van der Waals surface area contributed by atoms with Gasteiger partial charge in [0.1, 0.15) is 12.2 Å². The molecule has 31 heavy (non-hydrogen) atoms. The van der Waals surface area contributed by atoms with E-state index in [1.165, 1.54) is 11.8 Å². The molecule has 2 amide bonds. The number of hydrogen-bond donors (Lipinski definition) is 2. The third-order valence-electron chi connectivity index (χ3n) is 7.99. The highest BCUT2D eigenvalue weighted by atomic mass is 28.4.